The summed E-state index contributed by atoms with van der Waals surface area (Å²) in [7, 11) is 0. The lowest BCUT2D eigenvalue weighted by Crippen LogP contribution is -2.50. The lowest BCUT2D eigenvalue weighted by Gasteiger charge is -2.41. The van der Waals surface area contributed by atoms with Crippen LogP contribution in [0.25, 0.3) is 10.4 Å². The molecule has 2 aromatic heterocycles. The third kappa shape index (κ3) is 5.05. The number of amides is 1. The second kappa shape index (κ2) is 9.75. The van der Waals surface area contributed by atoms with E-state index in [1.165, 1.54) is 16.0 Å². The average molecular weight is 434 g/mol. The van der Waals surface area contributed by atoms with E-state index >= 15 is 0 Å². The van der Waals surface area contributed by atoms with Gasteiger partial charge in [-0.25, -0.2) is 0 Å². The van der Waals surface area contributed by atoms with E-state index in [0.717, 1.165) is 50.3 Å². The zero-order valence-electron chi connectivity index (χ0n) is 18.4. The summed E-state index contributed by atoms with van der Waals surface area (Å²) in [6.07, 6.45) is 2.51. The minimum absolute atomic E-state index is 0.198. The third-order valence-corrected chi connectivity index (χ3v) is 7.20. The number of hydrogen-bond acceptors (Lipinski definition) is 4. The van der Waals surface area contributed by atoms with Crippen molar-refractivity contribution < 1.29 is 4.79 Å². The first-order valence-corrected chi connectivity index (χ1v) is 12.0. The van der Waals surface area contributed by atoms with Crippen LogP contribution in [-0.2, 0) is 17.8 Å². The van der Waals surface area contributed by atoms with Crippen molar-refractivity contribution in [2.45, 2.75) is 39.7 Å². The number of carbonyl (C=O) groups excluding carboxylic acids is 1. The number of pyridine rings is 1. The highest BCUT2D eigenvalue weighted by Crippen LogP contribution is 2.39. The van der Waals surface area contributed by atoms with Crippen LogP contribution in [-0.4, -0.2) is 35.4 Å². The van der Waals surface area contributed by atoms with Crippen molar-refractivity contribution in [1.29, 1.82) is 0 Å². The molecule has 31 heavy (non-hydrogen) atoms. The van der Waals surface area contributed by atoms with Crippen LogP contribution in [0, 0.1) is 12.3 Å². The Morgan fingerprint density at radius 1 is 1.10 bits per heavy atom. The second-order valence-corrected chi connectivity index (χ2v) is 9.45. The number of likely N-dealkylation sites (tertiary alicyclic amines) is 1. The predicted octanol–water partition coefficient (Wildman–Crippen LogP) is 5.08. The Bertz CT molecular complexity index is 1010. The highest BCUT2D eigenvalue weighted by molar-refractivity contribution is 7.13. The molecule has 1 amide bonds. The maximum atomic E-state index is 13.3. The number of aryl methyl sites for hydroxylation is 1. The lowest BCUT2D eigenvalue weighted by molar-refractivity contribution is -0.134. The van der Waals surface area contributed by atoms with Crippen molar-refractivity contribution in [2.24, 2.45) is 5.41 Å². The molecule has 1 fully saturated rings. The van der Waals surface area contributed by atoms with Crippen molar-refractivity contribution in [3.05, 3.63) is 76.9 Å². The summed E-state index contributed by atoms with van der Waals surface area (Å²) >= 11 is 1.76. The van der Waals surface area contributed by atoms with Gasteiger partial charge in [0, 0.05) is 23.7 Å². The first kappa shape index (κ1) is 21.7. The molecule has 0 spiro atoms. The summed E-state index contributed by atoms with van der Waals surface area (Å²) < 4.78 is 0. The molecule has 1 aliphatic rings. The molecule has 162 valence electrons. The van der Waals surface area contributed by atoms with Gasteiger partial charge in [-0.15, -0.1) is 11.3 Å². The second-order valence-electron chi connectivity index (χ2n) is 8.50. The first-order valence-electron chi connectivity index (χ1n) is 11.1. The van der Waals surface area contributed by atoms with E-state index in [2.05, 4.69) is 69.1 Å². The number of nitrogens with zero attached hydrogens (tertiary/aromatic N) is 2. The van der Waals surface area contributed by atoms with E-state index in [0.29, 0.717) is 6.54 Å². The average Bonchev–Trinajstić information content (AvgIpc) is 3.31. The molecular weight excluding hydrogens is 402 g/mol. The van der Waals surface area contributed by atoms with Crippen LogP contribution < -0.4 is 5.32 Å². The Balaban J connectivity index is 1.54. The number of nitrogens with one attached hydrogen (secondary N) is 1. The van der Waals surface area contributed by atoms with Gasteiger partial charge in [0.15, 0.2) is 0 Å². The molecule has 4 nitrogen and oxygen atoms in total. The fourth-order valence-electron chi connectivity index (χ4n) is 4.60. The summed E-state index contributed by atoms with van der Waals surface area (Å²) in [6, 6.07) is 19.0. The van der Waals surface area contributed by atoms with Gasteiger partial charge in [-0.3, -0.25) is 14.7 Å². The molecule has 1 N–H and O–H groups in total. The molecule has 0 atom stereocenters. The van der Waals surface area contributed by atoms with Gasteiger partial charge in [0.1, 0.15) is 0 Å². The highest BCUT2D eigenvalue weighted by atomic mass is 32.1. The summed E-state index contributed by atoms with van der Waals surface area (Å²) in [4.78, 5) is 21.7. The minimum Gasteiger partial charge on any atom is -0.356 e. The Morgan fingerprint density at radius 3 is 2.61 bits per heavy atom. The minimum atomic E-state index is -0.361. The van der Waals surface area contributed by atoms with Crippen molar-refractivity contribution in [2.75, 3.05) is 19.6 Å². The summed E-state index contributed by atoms with van der Waals surface area (Å²) in [5.74, 6) is 0.198. The van der Waals surface area contributed by atoms with Gasteiger partial charge < -0.3 is 5.32 Å². The van der Waals surface area contributed by atoms with E-state index in [1.807, 2.05) is 19.9 Å². The Labute approximate surface area is 189 Å². The van der Waals surface area contributed by atoms with Crippen LogP contribution in [0.4, 0.5) is 0 Å². The van der Waals surface area contributed by atoms with Crippen molar-refractivity contribution in [3.63, 3.8) is 0 Å². The third-order valence-electron chi connectivity index (χ3n) is 6.30. The van der Waals surface area contributed by atoms with Gasteiger partial charge in [0.05, 0.1) is 11.1 Å². The maximum absolute atomic E-state index is 13.3. The number of rotatable bonds is 7. The number of carbonyl (C=O) groups is 1. The normalized spacial score (nSPS) is 16.2. The van der Waals surface area contributed by atoms with Crippen LogP contribution in [0.2, 0.25) is 0 Å². The fourth-order valence-corrected chi connectivity index (χ4v) is 5.39. The predicted molar refractivity (Wildman–Crippen MR) is 128 cm³/mol. The number of hydrogen-bond donors (Lipinski definition) is 1. The number of thiophene rings is 1. The fraction of sp³-hybridized carbons (Fsp3) is 0.385. The van der Waals surface area contributed by atoms with Crippen LogP contribution >= 0.6 is 11.3 Å². The van der Waals surface area contributed by atoms with Gasteiger partial charge in [-0.1, -0.05) is 36.4 Å². The van der Waals surface area contributed by atoms with Crippen LogP contribution in [0.3, 0.4) is 0 Å². The van der Waals surface area contributed by atoms with E-state index in [-0.39, 0.29) is 11.3 Å². The molecule has 1 aromatic carbocycles. The largest absolute Gasteiger partial charge is 0.356 e. The molecule has 0 aliphatic carbocycles. The van der Waals surface area contributed by atoms with E-state index in [9.17, 15) is 4.79 Å². The van der Waals surface area contributed by atoms with Gasteiger partial charge >= 0.3 is 0 Å². The molecule has 4 rings (SSSR count). The first-order chi connectivity index (χ1) is 15.1. The molecule has 0 saturated carbocycles. The van der Waals surface area contributed by atoms with Crippen LogP contribution in [0.1, 0.15) is 36.7 Å². The number of piperidine rings is 1. The smallest absolute Gasteiger partial charge is 0.226 e. The van der Waals surface area contributed by atoms with Crippen molar-refractivity contribution in [3.8, 4) is 10.4 Å². The SMILES string of the molecule is CCNC(=O)C1(Cc2ccccc2-c2cccs2)CCN(Cc2cccc(C)n2)CC1. The molecule has 0 bridgehead atoms. The van der Waals surface area contributed by atoms with Crippen LogP contribution in [0.5, 0.6) is 0 Å². The standard InChI is InChI=1S/C26H31N3OS/c1-3-27-25(30)26(18-21-9-4-5-11-23(21)24-12-7-17-31-24)13-15-29(16-14-26)19-22-10-6-8-20(2)28-22/h4-12,17H,3,13-16,18-19H2,1-2H3,(H,27,30). The molecule has 0 radical (unpaired) electrons. The molecule has 3 aromatic rings. The molecule has 1 saturated heterocycles. The van der Waals surface area contributed by atoms with Crippen molar-refractivity contribution in [1.82, 2.24) is 15.2 Å². The van der Waals surface area contributed by atoms with Crippen molar-refractivity contribution >= 4 is 17.2 Å². The van der Waals surface area contributed by atoms with Gasteiger partial charge in [-0.05, 0) is 80.9 Å². The van der Waals surface area contributed by atoms with Crippen LogP contribution in [0.15, 0.2) is 60.0 Å². The lowest BCUT2D eigenvalue weighted by atomic mass is 9.72. The Kier molecular flexibility index (Phi) is 6.83. The quantitative estimate of drug-likeness (QED) is 0.565. The topological polar surface area (TPSA) is 45.2 Å². The Morgan fingerprint density at radius 2 is 1.90 bits per heavy atom. The maximum Gasteiger partial charge on any atom is 0.226 e. The van der Waals surface area contributed by atoms with E-state index in [4.69, 9.17) is 0 Å². The summed E-state index contributed by atoms with van der Waals surface area (Å²) in [6.45, 7) is 7.37. The molecular formula is C26H31N3OS. The number of benzene rings is 1. The molecule has 1 aliphatic heterocycles. The highest BCUT2D eigenvalue weighted by Gasteiger charge is 2.41. The zero-order chi connectivity index (χ0) is 21.7. The molecule has 5 heteroatoms. The van der Waals surface area contributed by atoms with E-state index < -0.39 is 0 Å². The van der Waals surface area contributed by atoms with Gasteiger partial charge in [0.2, 0.25) is 5.91 Å². The monoisotopic (exact) mass is 433 g/mol. The Hall–Kier alpha value is -2.50. The molecule has 0 unspecified atom stereocenters. The summed E-state index contributed by atoms with van der Waals surface area (Å²) in [5, 5.41) is 5.25. The van der Waals surface area contributed by atoms with E-state index in [1.54, 1.807) is 11.3 Å². The molecule has 3 heterocycles. The van der Waals surface area contributed by atoms with Gasteiger partial charge in [0.25, 0.3) is 0 Å². The number of aromatic nitrogens is 1. The summed E-state index contributed by atoms with van der Waals surface area (Å²) in [5.41, 5.74) is 4.32. The van der Waals surface area contributed by atoms with Gasteiger partial charge in [-0.2, -0.15) is 0 Å². The zero-order valence-corrected chi connectivity index (χ0v) is 19.3.